The number of carbonyl (C=O) groups is 1. The molecule has 2 rings (SSSR count). The summed E-state index contributed by atoms with van der Waals surface area (Å²) in [6.07, 6.45) is 3.54. The fourth-order valence-corrected chi connectivity index (χ4v) is 5.12. The molecule has 110 valence electrons. The number of carbonyl (C=O) groups excluding carboxylic acids is 1. The zero-order valence-electron chi connectivity index (χ0n) is 11.9. The monoisotopic (exact) mass is 294 g/mol. The SMILES string of the molecule is CCCC[C@@H]1CC(=O)C[C@H]1S(=O)(=O)Cc1ccccc1. The highest BCUT2D eigenvalue weighted by molar-refractivity contribution is 7.91. The summed E-state index contributed by atoms with van der Waals surface area (Å²) in [6.45, 7) is 2.09. The van der Waals surface area contributed by atoms with Gasteiger partial charge in [0.1, 0.15) is 5.78 Å². The van der Waals surface area contributed by atoms with Gasteiger partial charge in [0.05, 0.1) is 11.0 Å². The normalized spacial score (nSPS) is 23.1. The first-order valence-corrected chi connectivity index (χ1v) is 9.01. The Kier molecular flexibility index (Phi) is 4.97. The first kappa shape index (κ1) is 15.2. The molecule has 1 fully saturated rings. The number of benzene rings is 1. The van der Waals surface area contributed by atoms with Gasteiger partial charge < -0.3 is 0 Å². The van der Waals surface area contributed by atoms with Gasteiger partial charge in [-0.3, -0.25) is 4.79 Å². The second-order valence-corrected chi connectivity index (χ2v) is 7.90. The molecule has 0 aromatic heterocycles. The Morgan fingerprint density at radius 3 is 2.50 bits per heavy atom. The van der Waals surface area contributed by atoms with E-state index in [1.807, 2.05) is 30.3 Å². The van der Waals surface area contributed by atoms with Crippen LogP contribution in [-0.4, -0.2) is 19.5 Å². The van der Waals surface area contributed by atoms with E-state index >= 15 is 0 Å². The predicted octanol–water partition coefficient (Wildman–Crippen LogP) is 3.14. The van der Waals surface area contributed by atoms with Gasteiger partial charge in [0.15, 0.2) is 9.84 Å². The largest absolute Gasteiger partial charge is 0.300 e. The Hall–Kier alpha value is -1.16. The van der Waals surface area contributed by atoms with Crippen LogP contribution in [0.15, 0.2) is 30.3 Å². The van der Waals surface area contributed by atoms with Crippen molar-refractivity contribution < 1.29 is 13.2 Å². The molecule has 2 atom stereocenters. The van der Waals surface area contributed by atoms with Crippen molar-refractivity contribution in [1.82, 2.24) is 0 Å². The van der Waals surface area contributed by atoms with Crippen molar-refractivity contribution in [2.24, 2.45) is 5.92 Å². The minimum atomic E-state index is -3.25. The zero-order chi connectivity index (χ0) is 14.6. The number of unbranched alkanes of at least 4 members (excludes halogenated alkanes) is 1. The van der Waals surface area contributed by atoms with Crippen molar-refractivity contribution in [2.75, 3.05) is 0 Å². The number of hydrogen-bond acceptors (Lipinski definition) is 3. The van der Waals surface area contributed by atoms with E-state index in [4.69, 9.17) is 0 Å². The lowest BCUT2D eigenvalue weighted by atomic mass is 10.0. The second-order valence-electron chi connectivity index (χ2n) is 5.68. The topological polar surface area (TPSA) is 51.2 Å². The van der Waals surface area contributed by atoms with E-state index in [1.165, 1.54) is 0 Å². The summed E-state index contributed by atoms with van der Waals surface area (Å²) in [5, 5.41) is -0.471. The van der Waals surface area contributed by atoms with Crippen LogP contribution in [0.4, 0.5) is 0 Å². The van der Waals surface area contributed by atoms with Crippen LogP contribution in [-0.2, 0) is 20.4 Å². The predicted molar refractivity (Wildman–Crippen MR) is 80.1 cm³/mol. The average Bonchev–Trinajstić information content (AvgIpc) is 2.79. The first-order valence-electron chi connectivity index (χ1n) is 7.30. The standard InChI is InChI=1S/C16H22O3S/c1-2-3-9-14-10-15(17)11-16(14)20(18,19)12-13-7-5-4-6-8-13/h4-8,14,16H,2-3,9-12H2,1H3/t14-,16-/m1/s1. The summed E-state index contributed by atoms with van der Waals surface area (Å²) in [5.74, 6) is 0.179. The maximum atomic E-state index is 12.6. The molecule has 1 aromatic carbocycles. The summed E-state index contributed by atoms with van der Waals surface area (Å²) in [7, 11) is -3.25. The molecule has 0 aliphatic heterocycles. The summed E-state index contributed by atoms with van der Waals surface area (Å²) in [5.41, 5.74) is 0.807. The van der Waals surface area contributed by atoms with E-state index < -0.39 is 15.1 Å². The molecule has 0 radical (unpaired) electrons. The summed E-state index contributed by atoms with van der Waals surface area (Å²) < 4.78 is 25.1. The van der Waals surface area contributed by atoms with Crippen molar-refractivity contribution in [3.05, 3.63) is 35.9 Å². The molecule has 20 heavy (non-hydrogen) atoms. The number of ketones is 1. The lowest BCUT2D eigenvalue weighted by molar-refractivity contribution is -0.117. The summed E-state index contributed by atoms with van der Waals surface area (Å²) in [6, 6.07) is 9.22. The molecular formula is C16H22O3S. The van der Waals surface area contributed by atoms with E-state index in [-0.39, 0.29) is 23.9 Å². The quantitative estimate of drug-likeness (QED) is 0.810. The summed E-state index contributed by atoms with van der Waals surface area (Å²) in [4.78, 5) is 11.7. The van der Waals surface area contributed by atoms with Gasteiger partial charge in [-0.15, -0.1) is 0 Å². The Labute approximate surface area is 121 Å². The van der Waals surface area contributed by atoms with Crippen molar-refractivity contribution in [3.8, 4) is 0 Å². The second kappa shape index (κ2) is 6.53. The molecule has 1 aromatic rings. The van der Waals surface area contributed by atoms with Gasteiger partial charge in [-0.2, -0.15) is 0 Å². The highest BCUT2D eigenvalue weighted by atomic mass is 32.2. The molecule has 0 unspecified atom stereocenters. The van der Waals surface area contributed by atoms with Crippen molar-refractivity contribution >= 4 is 15.6 Å². The third kappa shape index (κ3) is 3.69. The number of sulfone groups is 1. The Balaban J connectivity index is 2.12. The van der Waals surface area contributed by atoms with Crippen LogP contribution >= 0.6 is 0 Å². The van der Waals surface area contributed by atoms with Gasteiger partial charge in [0.25, 0.3) is 0 Å². The highest BCUT2D eigenvalue weighted by Crippen LogP contribution is 2.34. The van der Waals surface area contributed by atoms with Crippen LogP contribution in [0.2, 0.25) is 0 Å². The van der Waals surface area contributed by atoms with E-state index in [0.717, 1.165) is 24.8 Å². The molecule has 1 aliphatic carbocycles. The lowest BCUT2D eigenvalue weighted by Gasteiger charge is -2.19. The van der Waals surface area contributed by atoms with E-state index in [2.05, 4.69) is 6.92 Å². The smallest absolute Gasteiger partial charge is 0.158 e. The van der Waals surface area contributed by atoms with Crippen molar-refractivity contribution in [1.29, 1.82) is 0 Å². The van der Waals surface area contributed by atoms with Gasteiger partial charge in [-0.25, -0.2) is 8.42 Å². The van der Waals surface area contributed by atoms with Crippen LogP contribution in [0.25, 0.3) is 0 Å². The third-order valence-corrected chi connectivity index (χ3v) is 6.25. The van der Waals surface area contributed by atoms with Crippen LogP contribution in [0.1, 0.15) is 44.6 Å². The molecule has 4 heteroatoms. The zero-order valence-corrected chi connectivity index (χ0v) is 12.7. The molecule has 0 spiro atoms. The molecule has 0 N–H and O–H groups in total. The van der Waals surface area contributed by atoms with E-state index in [1.54, 1.807) is 0 Å². The third-order valence-electron chi connectivity index (χ3n) is 4.04. The minimum Gasteiger partial charge on any atom is -0.300 e. The van der Waals surface area contributed by atoms with Gasteiger partial charge in [0, 0.05) is 12.8 Å². The minimum absolute atomic E-state index is 0.0242. The molecule has 0 bridgehead atoms. The Morgan fingerprint density at radius 2 is 1.85 bits per heavy atom. The molecule has 0 amide bonds. The van der Waals surface area contributed by atoms with Crippen molar-refractivity contribution in [2.45, 2.75) is 50.0 Å². The Bertz CT molecular complexity index is 548. The fraction of sp³-hybridized carbons (Fsp3) is 0.562. The molecule has 1 aliphatic rings. The van der Waals surface area contributed by atoms with Gasteiger partial charge in [-0.05, 0) is 17.9 Å². The number of hydrogen-bond donors (Lipinski definition) is 0. The maximum Gasteiger partial charge on any atom is 0.158 e. The van der Waals surface area contributed by atoms with E-state index in [9.17, 15) is 13.2 Å². The van der Waals surface area contributed by atoms with Crippen LogP contribution in [0.5, 0.6) is 0 Å². The molecule has 3 nitrogen and oxygen atoms in total. The first-order chi connectivity index (χ1) is 9.53. The highest BCUT2D eigenvalue weighted by Gasteiger charge is 2.40. The summed E-state index contributed by atoms with van der Waals surface area (Å²) >= 11 is 0. The average molecular weight is 294 g/mol. The van der Waals surface area contributed by atoms with Gasteiger partial charge in [0.2, 0.25) is 0 Å². The van der Waals surface area contributed by atoms with E-state index in [0.29, 0.717) is 6.42 Å². The maximum absolute atomic E-state index is 12.6. The van der Waals surface area contributed by atoms with Gasteiger partial charge >= 0.3 is 0 Å². The number of Topliss-reactive ketones (excluding diaryl/α,β-unsaturated/α-hetero) is 1. The number of rotatable bonds is 6. The molecule has 0 heterocycles. The van der Waals surface area contributed by atoms with Crippen LogP contribution < -0.4 is 0 Å². The Morgan fingerprint density at radius 1 is 1.15 bits per heavy atom. The molecule has 0 saturated heterocycles. The fourth-order valence-electron chi connectivity index (χ4n) is 2.99. The van der Waals surface area contributed by atoms with Gasteiger partial charge in [-0.1, -0.05) is 50.1 Å². The van der Waals surface area contributed by atoms with Crippen LogP contribution in [0, 0.1) is 5.92 Å². The lowest BCUT2D eigenvalue weighted by Crippen LogP contribution is -2.27. The van der Waals surface area contributed by atoms with Crippen LogP contribution in [0.3, 0.4) is 0 Å². The van der Waals surface area contributed by atoms with Crippen molar-refractivity contribution in [3.63, 3.8) is 0 Å². The molecular weight excluding hydrogens is 272 g/mol. The molecule has 1 saturated carbocycles.